The van der Waals surface area contributed by atoms with Crippen LogP contribution in [0.15, 0.2) is 24.3 Å². The Bertz CT molecular complexity index is 761. The quantitative estimate of drug-likeness (QED) is 0.848. The van der Waals surface area contributed by atoms with Crippen LogP contribution < -0.4 is 10.6 Å². The first-order valence-electron chi connectivity index (χ1n) is 8.32. The first kappa shape index (κ1) is 19.9. The van der Waals surface area contributed by atoms with Crippen molar-refractivity contribution in [2.24, 2.45) is 0 Å². The second-order valence-corrected chi connectivity index (χ2v) is 6.55. The van der Waals surface area contributed by atoms with E-state index in [-0.39, 0.29) is 42.6 Å². The summed E-state index contributed by atoms with van der Waals surface area (Å²) in [7, 11) is 0. The minimum Gasteiger partial charge on any atom is -0.348 e. The van der Waals surface area contributed by atoms with E-state index >= 15 is 0 Å². The number of fused-ring (bicyclic) bond motifs is 1. The zero-order valence-electron chi connectivity index (χ0n) is 13.8. The second kappa shape index (κ2) is 8.30. The van der Waals surface area contributed by atoms with E-state index in [2.05, 4.69) is 15.6 Å². The maximum atomic E-state index is 13.6. The van der Waals surface area contributed by atoms with Gasteiger partial charge in [0.1, 0.15) is 5.82 Å². The van der Waals surface area contributed by atoms with Gasteiger partial charge < -0.3 is 10.6 Å². The first-order valence-corrected chi connectivity index (χ1v) is 8.32. The molecule has 136 valence electrons. The van der Waals surface area contributed by atoms with Crippen molar-refractivity contribution in [3.63, 3.8) is 0 Å². The van der Waals surface area contributed by atoms with Gasteiger partial charge in [-0.2, -0.15) is 0 Å². The zero-order valence-corrected chi connectivity index (χ0v) is 15.4. The van der Waals surface area contributed by atoms with Crippen molar-refractivity contribution < 1.29 is 9.18 Å². The molecule has 1 aliphatic heterocycles. The molecule has 0 unspecified atom stereocenters. The molecule has 1 aliphatic carbocycles. The van der Waals surface area contributed by atoms with E-state index in [4.69, 9.17) is 0 Å². The summed E-state index contributed by atoms with van der Waals surface area (Å²) >= 11 is 0. The molecular weight excluding hydrogens is 364 g/mol. The van der Waals surface area contributed by atoms with Crippen LogP contribution in [0.1, 0.15) is 47.7 Å². The summed E-state index contributed by atoms with van der Waals surface area (Å²) in [5.74, 6) is -0.0159. The number of nitrogens with zero attached hydrogens (tertiary/aromatic N) is 1. The number of amides is 1. The maximum absolute atomic E-state index is 13.6. The van der Waals surface area contributed by atoms with Crippen LogP contribution in [0, 0.1) is 5.82 Å². The fraction of sp³-hybridized carbons (Fsp3) is 0.444. The lowest BCUT2D eigenvalue weighted by Crippen LogP contribution is -2.45. The number of aromatic nitrogens is 1. The van der Waals surface area contributed by atoms with Gasteiger partial charge in [0.2, 0.25) is 0 Å². The highest BCUT2D eigenvalue weighted by Crippen LogP contribution is 2.40. The van der Waals surface area contributed by atoms with Gasteiger partial charge in [-0.3, -0.25) is 9.78 Å². The molecule has 1 saturated heterocycles. The molecule has 2 N–H and O–H groups in total. The third-order valence-electron chi connectivity index (χ3n) is 4.66. The number of nitrogens with one attached hydrogen (secondary N) is 2. The number of halogens is 3. The molecule has 0 radical (unpaired) electrons. The fourth-order valence-electron chi connectivity index (χ4n) is 3.23. The molecule has 25 heavy (non-hydrogen) atoms. The number of pyridine rings is 1. The summed E-state index contributed by atoms with van der Waals surface area (Å²) in [5.41, 5.74) is 2.20. The molecule has 1 aromatic heterocycles. The maximum Gasteiger partial charge on any atom is 0.252 e. The van der Waals surface area contributed by atoms with Gasteiger partial charge in [-0.05, 0) is 56.5 Å². The van der Waals surface area contributed by atoms with E-state index in [1.165, 1.54) is 12.1 Å². The van der Waals surface area contributed by atoms with E-state index in [1.54, 1.807) is 6.07 Å². The van der Waals surface area contributed by atoms with E-state index in [0.29, 0.717) is 22.4 Å². The predicted molar refractivity (Wildman–Crippen MR) is 102 cm³/mol. The van der Waals surface area contributed by atoms with Crippen LogP contribution in [0.25, 0.3) is 10.9 Å². The Balaban J connectivity index is 0.00000113. The SMILES string of the molecule is Cl.Cl.O=C(N[C@H]1CCCNC1)c1cc(C2CC2)nc2ccc(F)cc12. The van der Waals surface area contributed by atoms with Gasteiger partial charge in [0.25, 0.3) is 5.91 Å². The third-order valence-corrected chi connectivity index (χ3v) is 4.66. The summed E-state index contributed by atoms with van der Waals surface area (Å²) < 4.78 is 13.6. The van der Waals surface area contributed by atoms with Gasteiger partial charge in [0.15, 0.2) is 0 Å². The van der Waals surface area contributed by atoms with Crippen LogP contribution in [0.3, 0.4) is 0 Å². The Morgan fingerprint density at radius 3 is 2.68 bits per heavy atom. The van der Waals surface area contributed by atoms with Crippen molar-refractivity contribution in [1.29, 1.82) is 0 Å². The van der Waals surface area contributed by atoms with Gasteiger partial charge in [-0.25, -0.2) is 4.39 Å². The standard InChI is InChI=1S/C18H20FN3O.2ClH/c19-12-5-6-16-14(8-12)15(9-17(22-16)11-3-4-11)18(23)21-13-2-1-7-20-10-13;;/h5-6,8-9,11,13,20H,1-4,7,10H2,(H,21,23);2*1H/t13-;;/m0../s1. The van der Waals surface area contributed by atoms with Crippen LogP contribution in [0.4, 0.5) is 4.39 Å². The van der Waals surface area contributed by atoms with Gasteiger partial charge in [0, 0.05) is 29.6 Å². The van der Waals surface area contributed by atoms with Crippen molar-refractivity contribution in [2.45, 2.75) is 37.6 Å². The normalized spacial score (nSPS) is 19.6. The van der Waals surface area contributed by atoms with Gasteiger partial charge in [-0.15, -0.1) is 24.8 Å². The molecule has 2 fully saturated rings. The van der Waals surface area contributed by atoms with Crippen molar-refractivity contribution in [2.75, 3.05) is 13.1 Å². The van der Waals surface area contributed by atoms with E-state index in [1.807, 2.05) is 6.07 Å². The number of piperidine rings is 1. The van der Waals surface area contributed by atoms with Gasteiger partial charge >= 0.3 is 0 Å². The molecule has 1 amide bonds. The minimum absolute atomic E-state index is 0. The number of rotatable bonds is 3. The second-order valence-electron chi connectivity index (χ2n) is 6.55. The highest BCUT2D eigenvalue weighted by Gasteiger charge is 2.27. The summed E-state index contributed by atoms with van der Waals surface area (Å²) in [6, 6.07) is 6.46. The molecule has 1 saturated carbocycles. The van der Waals surface area contributed by atoms with E-state index in [9.17, 15) is 9.18 Å². The average Bonchev–Trinajstić information content (AvgIpc) is 3.39. The number of hydrogen-bond acceptors (Lipinski definition) is 3. The predicted octanol–water partition coefficient (Wildman–Crippen LogP) is 3.58. The number of hydrogen-bond donors (Lipinski definition) is 2. The Labute approximate surface area is 158 Å². The summed E-state index contributed by atoms with van der Waals surface area (Å²) in [6.45, 7) is 1.79. The van der Waals surface area contributed by atoms with Gasteiger partial charge in [-0.1, -0.05) is 0 Å². The topological polar surface area (TPSA) is 54.0 Å². The fourth-order valence-corrected chi connectivity index (χ4v) is 3.23. The molecule has 4 rings (SSSR count). The van der Waals surface area contributed by atoms with Crippen molar-refractivity contribution in [1.82, 2.24) is 15.6 Å². The Morgan fingerprint density at radius 2 is 2.00 bits per heavy atom. The zero-order chi connectivity index (χ0) is 15.8. The monoisotopic (exact) mass is 385 g/mol. The van der Waals surface area contributed by atoms with E-state index < -0.39 is 0 Å². The summed E-state index contributed by atoms with van der Waals surface area (Å²) in [5, 5.41) is 6.97. The smallest absolute Gasteiger partial charge is 0.252 e. The van der Waals surface area contributed by atoms with Crippen molar-refractivity contribution in [3.05, 3.63) is 41.3 Å². The molecule has 0 spiro atoms. The molecular formula is C18H22Cl2FN3O. The largest absolute Gasteiger partial charge is 0.348 e. The summed E-state index contributed by atoms with van der Waals surface area (Å²) in [4.78, 5) is 17.4. The van der Waals surface area contributed by atoms with Crippen LogP contribution in [0.5, 0.6) is 0 Å². The van der Waals surface area contributed by atoms with Crippen LogP contribution in [-0.4, -0.2) is 30.0 Å². The van der Waals surface area contributed by atoms with Crippen LogP contribution >= 0.6 is 24.8 Å². The van der Waals surface area contributed by atoms with Crippen LogP contribution in [-0.2, 0) is 0 Å². The molecule has 1 aromatic carbocycles. The lowest BCUT2D eigenvalue weighted by atomic mass is 10.0. The number of carbonyl (C=O) groups excluding carboxylic acids is 1. The average molecular weight is 386 g/mol. The minimum atomic E-state index is -0.341. The third kappa shape index (κ3) is 4.40. The highest BCUT2D eigenvalue weighted by molar-refractivity contribution is 6.06. The Kier molecular flexibility index (Phi) is 6.60. The molecule has 4 nitrogen and oxygen atoms in total. The highest BCUT2D eigenvalue weighted by atomic mass is 35.5. The Hall–Kier alpha value is -1.43. The van der Waals surface area contributed by atoms with Crippen molar-refractivity contribution in [3.8, 4) is 0 Å². The molecule has 7 heteroatoms. The number of benzene rings is 1. The summed E-state index contributed by atoms with van der Waals surface area (Å²) in [6.07, 6.45) is 4.27. The lowest BCUT2D eigenvalue weighted by molar-refractivity contribution is 0.0932. The molecule has 2 aliphatic rings. The lowest BCUT2D eigenvalue weighted by Gasteiger charge is -2.24. The molecule has 0 bridgehead atoms. The molecule has 2 heterocycles. The van der Waals surface area contributed by atoms with Crippen molar-refractivity contribution >= 4 is 41.6 Å². The molecule has 1 atom stereocenters. The van der Waals surface area contributed by atoms with E-state index in [0.717, 1.165) is 44.5 Å². The molecule has 2 aromatic rings. The van der Waals surface area contributed by atoms with Gasteiger partial charge in [0.05, 0.1) is 11.1 Å². The first-order chi connectivity index (χ1) is 11.2. The Morgan fingerprint density at radius 1 is 1.20 bits per heavy atom. The number of carbonyl (C=O) groups is 1. The van der Waals surface area contributed by atoms with Crippen LogP contribution in [0.2, 0.25) is 0 Å².